The predicted molar refractivity (Wildman–Crippen MR) is 170 cm³/mol. The van der Waals surface area contributed by atoms with Gasteiger partial charge in [-0.1, -0.05) is 33.8 Å². The van der Waals surface area contributed by atoms with Gasteiger partial charge in [0.1, 0.15) is 24.0 Å². The van der Waals surface area contributed by atoms with Gasteiger partial charge in [-0.25, -0.2) is 0 Å². The molecule has 3 atom stereocenters. The van der Waals surface area contributed by atoms with E-state index in [4.69, 9.17) is 9.47 Å². The second-order valence-electron chi connectivity index (χ2n) is 10.4. The van der Waals surface area contributed by atoms with Gasteiger partial charge in [-0.2, -0.15) is 0 Å². The summed E-state index contributed by atoms with van der Waals surface area (Å²) < 4.78 is 15.0. The molecule has 0 aliphatic carbocycles. The first-order chi connectivity index (χ1) is 19.7. The average Bonchev–Trinajstić information content (AvgIpc) is 3.52. The number of fused-ring (bicyclic) bond motifs is 1. The third-order valence-electron chi connectivity index (χ3n) is 7.04. The molecular formula is C31H44N6O3S. The lowest BCUT2D eigenvalue weighted by Gasteiger charge is -2.31. The molecule has 4 rings (SSSR count). The third kappa shape index (κ3) is 6.77. The number of ether oxygens (including phenoxy) is 2. The van der Waals surface area contributed by atoms with Crippen molar-refractivity contribution < 1.29 is 14.3 Å². The standard InChI is InChI=1S/C31H44N6O3S/c1-9-33-20(5)39-28-17-29(40-21(6)34-10-2)24(16-23(28)19(3)4)27-18-35-30(41-31(38)32-7)37(27)26-13-11-12-25-22(26)14-15-36(25)8/h11-21,30,33-35H,9-10H2,1-8H3,(H,32,38). The number of rotatable bonds is 12. The van der Waals surface area contributed by atoms with Gasteiger partial charge in [-0.15, -0.1) is 0 Å². The predicted octanol–water partition coefficient (Wildman–Crippen LogP) is 5.73. The molecule has 0 fully saturated rings. The first kappa shape index (κ1) is 30.6. The van der Waals surface area contributed by atoms with Crippen molar-refractivity contribution in [3.63, 3.8) is 0 Å². The highest BCUT2D eigenvalue weighted by molar-refractivity contribution is 8.14. The van der Waals surface area contributed by atoms with Crippen LogP contribution in [0.4, 0.5) is 10.5 Å². The number of aryl methyl sites for hydroxylation is 1. The second kappa shape index (κ2) is 13.5. The molecule has 0 bridgehead atoms. The number of hydrogen-bond donors (Lipinski definition) is 4. The van der Waals surface area contributed by atoms with Crippen LogP contribution in [0, 0.1) is 0 Å². The van der Waals surface area contributed by atoms with Crippen molar-refractivity contribution in [1.82, 2.24) is 25.8 Å². The monoisotopic (exact) mass is 580 g/mol. The number of aromatic nitrogens is 1. The molecule has 4 N–H and O–H groups in total. The molecule has 0 radical (unpaired) electrons. The largest absolute Gasteiger partial charge is 0.475 e. The maximum atomic E-state index is 12.6. The molecule has 0 spiro atoms. The average molecular weight is 581 g/mol. The molecule has 1 aliphatic rings. The summed E-state index contributed by atoms with van der Waals surface area (Å²) >= 11 is 1.20. The molecule has 9 nitrogen and oxygen atoms in total. The third-order valence-corrected chi connectivity index (χ3v) is 8.03. The van der Waals surface area contributed by atoms with Gasteiger partial charge in [0.05, 0.1) is 11.4 Å². The number of hydrogen-bond acceptors (Lipinski definition) is 8. The summed E-state index contributed by atoms with van der Waals surface area (Å²) in [6.45, 7) is 14.0. The summed E-state index contributed by atoms with van der Waals surface area (Å²) in [5, 5.41) is 13.9. The summed E-state index contributed by atoms with van der Waals surface area (Å²) in [5.41, 5.74) is 4.66. The van der Waals surface area contributed by atoms with Crippen LogP contribution in [0.25, 0.3) is 16.6 Å². The van der Waals surface area contributed by atoms with Crippen molar-refractivity contribution in [2.75, 3.05) is 25.0 Å². The van der Waals surface area contributed by atoms with Crippen LogP contribution in [-0.2, 0) is 7.05 Å². The van der Waals surface area contributed by atoms with Crippen molar-refractivity contribution in [3.05, 3.63) is 59.9 Å². The number of carbonyl (C=O) groups is 1. The van der Waals surface area contributed by atoms with E-state index in [1.807, 2.05) is 33.2 Å². The summed E-state index contributed by atoms with van der Waals surface area (Å²) in [7, 11) is 3.69. The molecule has 1 aromatic heterocycles. The van der Waals surface area contributed by atoms with E-state index in [-0.39, 0.29) is 29.1 Å². The highest BCUT2D eigenvalue weighted by Crippen LogP contribution is 2.44. The van der Waals surface area contributed by atoms with E-state index in [1.165, 1.54) is 11.8 Å². The van der Waals surface area contributed by atoms with Crippen molar-refractivity contribution in [3.8, 4) is 11.5 Å². The van der Waals surface area contributed by atoms with Crippen LogP contribution in [-0.4, -0.2) is 47.9 Å². The Balaban J connectivity index is 1.89. The van der Waals surface area contributed by atoms with Gasteiger partial charge in [0, 0.05) is 49.0 Å². The highest BCUT2D eigenvalue weighted by atomic mass is 32.2. The minimum atomic E-state index is -0.359. The number of nitrogens with one attached hydrogen (secondary N) is 4. The molecule has 0 saturated heterocycles. The minimum absolute atomic E-state index is 0.122. The quantitative estimate of drug-likeness (QED) is 0.202. The van der Waals surface area contributed by atoms with Gasteiger partial charge >= 0.3 is 0 Å². The fourth-order valence-electron chi connectivity index (χ4n) is 5.10. The lowest BCUT2D eigenvalue weighted by molar-refractivity contribution is 0.173. The van der Waals surface area contributed by atoms with Crippen LogP contribution in [0.3, 0.4) is 0 Å². The number of carbonyl (C=O) groups excluding carboxylic acids is 1. The van der Waals surface area contributed by atoms with E-state index < -0.39 is 0 Å². The topological polar surface area (TPSA) is 91.8 Å². The van der Waals surface area contributed by atoms with E-state index in [0.717, 1.165) is 52.3 Å². The molecule has 1 aliphatic heterocycles. The number of amides is 1. The van der Waals surface area contributed by atoms with Crippen LogP contribution in [0.1, 0.15) is 58.6 Å². The normalized spacial score (nSPS) is 16.5. The maximum absolute atomic E-state index is 12.6. The van der Waals surface area contributed by atoms with Crippen LogP contribution in [0.2, 0.25) is 0 Å². The molecule has 10 heteroatoms. The van der Waals surface area contributed by atoms with Gasteiger partial charge in [0.15, 0.2) is 5.50 Å². The van der Waals surface area contributed by atoms with E-state index in [9.17, 15) is 4.79 Å². The second-order valence-corrected chi connectivity index (χ2v) is 11.4. The molecular weight excluding hydrogens is 536 g/mol. The molecule has 2 heterocycles. The van der Waals surface area contributed by atoms with E-state index in [1.54, 1.807) is 7.05 Å². The zero-order valence-corrected chi connectivity index (χ0v) is 26.2. The zero-order chi connectivity index (χ0) is 29.7. The molecule has 3 unspecified atom stereocenters. The summed E-state index contributed by atoms with van der Waals surface area (Å²) in [4.78, 5) is 14.8. The molecule has 41 heavy (non-hydrogen) atoms. The first-order valence-corrected chi connectivity index (χ1v) is 15.2. The van der Waals surface area contributed by atoms with E-state index in [0.29, 0.717) is 5.75 Å². The molecule has 222 valence electrons. The fourth-order valence-corrected chi connectivity index (χ4v) is 5.88. The first-order valence-electron chi connectivity index (χ1n) is 14.3. The lowest BCUT2D eigenvalue weighted by Crippen LogP contribution is -2.36. The highest BCUT2D eigenvalue weighted by Gasteiger charge is 2.34. The van der Waals surface area contributed by atoms with Gasteiger partial charge in [0.25, 0.3) is 5.24 Å². The van der Waals surface area contributed by atoms with Gasteiger partial charge in [0.2, 0.25) is 0 Å². The Bertz CT molecular complexity index is 1390. The smallest absolute Gasteiger partial charge is 0.282 e. The number of anilines is 1. The maximum Gasteiger partial charge on any atom is 0.282 e. The summed E-state index contributed by atoms with van der Waals surface area (Å²) in [6, 6.07) is 12.6. The summed E-state index contributed by atoms with van der Waals surface area (Å²) in [5.74, 6) is 1.69. The fraction of sp³-hybridized carbons (Fsp3) is 0.452. The Morgan fingerprint density at radius 3 is 2.34 bits per heavy atom. The van der Waals surface area contributed by atoms with Gasteiger partial charge in [-0.05, 0) is 74.4 Å². The van der Waals surface area contributed by atoms with Crippen LogP contribution < -0.4 is 35.6 Å². The Morgan fingerprint density at radius 1 is 1.02 bits per heavy atom. The number of benzene rings is 2. The zero-order valence-electron chi connectivity index (χ0n) is 25.4. The van der Waals surface area contributed by atoms with Crippen LogP contribution >= 0.6 is 11.8 Å². The van der Waals surface area contributed by atoms with Crippen molar-refractivity contribution >= 4 is 39.3 Å². The molecule has 3 aromatic rings. The number of thioether (sulfide) groups is 1. The van der Waals surface area contributed by atoms with Gasteiger partial charge < -0.3 is 29.6 Å². The Kier molecular flexibility index (Phi) is 10.1. The SMILES string of the molecule is CCNC(C)Oc1cc(OC(C)NCC)c(C(C)C)cc1C1=CNC(SC(=O)NC)N1c1cccc2c1ccn2C. The van der Waals surface area contributed by atoms with E-state index in [2.05, 4.69) is 95.0 Å². The number of nitrogens with zero attached hydrogens (tertiary/aromatic N) is 2. The molecule has 0 saturated carbocycles. The molecule has 1 amide bonds. The van der Waals surface area contributed by atoms with Crippen LogP contribution in [0.5, 0.6) is 11.5 Å². The van der Waals surface area contributed by atoms with Crippen molar-refractivity contribution in [1.29, 1.82) is 0 Å². The van der Waals surface area contributed by atoms with Gasteiger partial charge in [-0.3, -0.25) is 15.4 Å². The summed E-state index contributed by atoms with van der Waals surface area (Å²) in [6.07, 6.45) is 3.66. The lowest BCUT2D eigenvalue weighted by atomic mass is 9.97. The van der Waals surface area contributed by atoms with Crippen LogP contribution in [0.15, 0.2) is 48.8 Å². The Labute approximate surface area is 248 Å². The van der Waals surface area contributed by atoms with Crippen molar-refractivity contribution in [2.45, 2.75) is 65.4 Å². The Morgan fingerprint density at radius 2 is 1.71 bits per heavy atom. The van der Waals surface area contributed by atoms with E-state index >= 15 is 0 Å². The Hall–Kier alpha value is -3.34. The minimum Gasteiger partial charge on any atom is -0.475 e. The van der Waals surface area contributed by atoms with Crippen molar-refractivity contribution in [2.24, 2.45) is 7.05 Å². The molecule has 2 aromatic carbocycles.